The monoisotopic (exact) mass is 373 g/mol. The molecule has 0 bridgehead atoms. The zero-order valence-corrected chi connectivity index (χ0v) is 12.6. The van der Waals surface area contributed by atoms with Gasteiger partial charge in [0.1, 0.15) is 11.6 Å². The van der Waals surface area contributed by atoms with Crippen LogP contribution in [0.3, 0.4) is 0 Å². The maximum absolute atomic E-state index is 13.1. The van der Waals surface area contributed by atoms with Gasteiger partial charge < -0.3 is 9.32 Å². The van der Waals surface area contributed by atoms with Crippen LogP contribution in [0.4, 0.5) is 4.39 Å². The molecule has 0 aliphatic carbocycles. The van der Waals surface area contributed by atoms with E-state index >= 15 is 0 Å². The molecule has 0 aliphatic rings. The molecule has 1 aromatic carbocycles. The van der Waals surface area contributed by atoms with Gasteiger partial charge in [-0.25, -0.2) is 4.39 Å². The lowest BCUT2D eigenvalue weighted by Gasteiger charge is -2.20. The molecule has 0 spiro atoms. The fourth-order valence-corrected chi connectivity index (χ4v) is 2.46. The van der Waals surface area contributed by atoms with Gasteiger partial charge in [0.15, 0.2) is 0 Å². The standard InChI is InChI=1S/C14H13FINO2/c1-2-17(9-11-4-3-7-19-11)14(18)12-6-5-10(15)8-13(12)16/h3-8H,2,9H2,1H3. The van der Waals surface area contributed by atoms with Gasteiger partial charge in [-0.3, -0.25) is 4.79 Å². The van der Waals surface area contributed by atoms with Crippen LogP contribution >= 0.6 is 22.6 Å². The SMILES string of the molecule is CCN(Cc1ccco1)C(=O)c1ccc(F)cc1I. The van der Waals surface area contributed by atoms with Gasteiger partial charge in [0.25, 0.3) is 5.91 Å². The van der Waals surface area contributed by atoms with E-state index in [4.69, 9.17) is 4.42 Å². The highest BCUT2D eigenvalue weighted by atomic mass is 127. The molecule has 0 atom stereocenters. The summed E-state index contributed by atoms with van der Waals surface area (Å²) in [5.74, 6) is 0.269. The summed E-state index contributed by atoms with van der Waals surface area (Å²) < 4.78 is 18.9. The maximum Gasteiger partial charge on any atom is 0.255 e. The summed E-state index contributed by atoms with van der Waals surface area (Å²) in [6, 6.07) is 7.79. The molecule has 19 heavy (non-hydrogen) atoms. The third-order valence-corrected chi connectivity index (χ3v) is 3.65. The van der Waals surface area contributed by atoms with Crippen molar-refractivity contribution in [2.24, 2.45) is 0 Å². The number of halogens is 2. The molecule has 0 aliphatic heterocycles. The summed E-state index contributed by atoms with van der Waals surface area (Å²) in [5.41, 5.74) is 0.510. The van der Waals surface area contributed by atoms with E-state index < -0.39 is 0 Å². The van der Waals surface area contributed by atoms with Crippen LogP contribution in [0.15, 0.2) is 41.0 Å². The molecule has 0 unspecified atom stereocenters. The molecule has 0 saturated carbocycles. The van der Waals surface area contributed by atoms with Crippen LogP contribution in [0.25, 0.3) is 0 Å². The van der Waals surface area contributed by atoms with E-state index in [-0.39, 0.29) is 11.7 Å². The molecule has 5 heteroatoms. The lowest BCUT2D eigenvalue weighted by atomic mass is 10.2. The Morgan fingerprint density at radius 2 is 2.21 bits per heavy atom. The van der Waals surface area contributed by atoms with Crippen molar-refractivity contribution < 1.29 is 13.6 Å². The third kappa shape index (κ3) is 3.34. The first-order valence-corrected chi connectivity index (χ1v) is 6.96. The molecular weight excluding hydrogens is 360 g/mol. The molecule has 100 valence electrons. The quantitative estimate of drug-likeness (QED) is 0.767. The molecule has 1 heterocycles. The van der Waals surface area contributed by atoms with Crippen molar-refractivity contribution in [3.8, 4) is 0 Å². The number of furan rings is 1. The topological polar surface area (TPSA) is 33.5 Å². The van der Waals surface area contributed by atoms with E-state index in [9.17, 15) is 9.18 Å². The van der Waals surface area contributed by atoms with Crippen LogP contribution in [-0.2, 0) is 6.54 Å². The number of benzene rings is 1. The number of hydrogen-bond acceptors (Lipinski definition) is 2. The molecular formula is C14H13FINO2. The Morgan fingerprint density at radius 3 is 2.79 bits per heavy atom. The van der Waals surface area contributed by atoms with Crippen molar-refractivity contribution in [2.45, 2.75) is 13.5 Å². The largest absolute Gasteiger partial charge is 0.467 e. The Bertz CT molecular complexity index is 569. The minimum atomic E-state index is -0.338. The number of rotatable bonds is 4. The molecule has 1 amide bonds. The van der Waals surface area contributed by atoms with Crippen molar-refractivity contribution in [1.29, 1.82) is 0 Å². The van der Waals surface area contributed by atoms with Crippen LogP contribution in [0.2, 0.25) is 0 Å². The van der Waals surface area contributed by atoms with E-state index in [0.29, 0.717) is 22.2 Å². The molecule has 2 rings (SSSR count). The van der Waals surface area contributed by atoms with Gasteiger partial charge >= 0.3 is 0 Å². The highest BCUT2D eigenvalue weighted by Crippen LogP contribution is 2.17. The van der Waals surface area contributed by atoms with Crippen LogP contribution in [0, 0.1) is 9.39 Å². The zero-order chi connectivity index (χ0) is 13.8. The average Bonchev–Trinajstić information content (AvgIpc) is 2.88. The average molecular weight is 373 g/mol. The highest BCUT2D eigenvalue weighted by Gasteiger charge is 2.18. The Morgan fingerprint density at radius 1 is 1.42 bits per heavy atom. The summed E-state index contributed by atoms with van der Waals surface area (Å²) in [7, 11) is 0. The molecule has 0 fully saturated rings. The third-order valence-electron chi connectivity index (χ3n) is 2.76. The van der Waals surface area contributed by atoms with Gasteiger partial charge in [0.2, 0.25) is 0 Å². The molecule has 0 saturated heterocycles. The van der Waals surface area contributed by atoms with E-state index in [1.54, 1.807) is 17.2 Å². The van der Waals surface area contributed by atoms with Crippen LogP contribution < -0.4 is 0 Å². The minimum Gasteiger partial charge on any atom is -0.467 e. The summed E-state index contributed by atoms with van der Waals surface area (Å²) in [5, 5.41) is 0. The van der Waals surface area contributed by atoms with Crippen LogP contribution in [-0.4, -0.2) is 17.4 Å². The second-order valence-corrected chi connectivity index (χ2v) is 5.19. The van der Waals surface area contributed by atoms with E-state index in [1.807, 2.05) is 35.6 Å². The molecule has 0 N–H and O–H groups in total. The van der Waals surface area contributed by atoms with Crippen molar-refractivity contribution in [2.75, 3.05) is 6.54 Å². The molecule has 0 radical (unpaired) electrons. The first-order chi connectivity index (χ1) is 9.11. The predicted molar refractivity (Wildman–Crippen MR) is 78.2 cm³/mol. The fourth-order valence-electron chi connectivity index (χ4n) is 1.75. The van der Waals surface area contributed by atoms with Crippen molar-refractivity contribution in [3.63, 3.8) is 0 Å². The van der Waals surface area contributed by atoms with Gasteiger partial charge in [-0.05, 0) is 59.8 Å². The second kappa shape index (κ2) is 6.18. The number of amides is 1. The number of hydrogen-bond donors (Lipinski definition) is 0. The first kappa shape index (κ1) is 14.0. The van der Waals surface area contributed by atoms with E-state index in [2.05, 4.69) is 0 Å². The van der Waals surface area contributed by atoms with Gasteiger partial charge in [0.05, 0.1) is 18.4 Å². The predicted octanol–water partition coefficient (Wildman–Crippen LogP) is 3.69. The van der Waals surface area contributed by atoms with Crippen molar-refractivity contribution >= 4 is 28.5 Å². The number of nitrogens with zero attached hydrogens (tertiary/aromatic N) is 1. The minimum absolute atomic E-state index is 0.122. The summed E-state index contributed by atoms with van der Waals surface area (Å²) in [4.78, 5) is 14.1. The van der Waals surface area contributed by atoms with Gasteiger partial charge in [-0.15, -0.1) is 0 Å². The Balaban J connectivity index is 2.20. The van der Waals surface area contributed by atoms with Gasteiger partial charge in [-0.2, -0.15) is 0 Å². The maximum atomic E-state index is 13.1. The second-order valence-electron chi connectivity index (χ2n) is 4.02. The Hall–Kier alpha value is -1.37. The van der Waals surface area contributed by atoms with Crippen molar-refractivity contribution in [1.82, 2.24) is 4.90 Å². The van der Waals surface area contributed by atoms with E-state index in [0.717, 1.165) is 5.76 Å². The van der Waals surface area contributed by atoms with Crippen molar-refractivity contribution in [3.05, 3.63) is 57.3 Å². The lowest BCUT2D eigenvalue weighted by Crippen LogP contribution is -2.30. The molecule has 1 aromatic heterocycles. The van der Waals surface area contributed by atoms with Gasteiger partial charge in [0, 0.05) is 10.1 Å². The normalized spacial score (nSPS) is 10.5. The zero-order valence-electron chi connectivity index (χ0n) is 10.4. The smallest absolute Gasteiger partial charge is 0.255 e. The van der Waals surface area contributed by atoms with Crippen LogP contribution in [0.5, 0.6) is 0 Å². The Labute approximate surface area is 124 Å². The molecule has 3 nitrogen and oxygen atoms in total. The number of carbonyl (C=O) groups is 1. The summed E-state index contributed by atoms with van der Waals surface area (Å²) in [6.45, 7) is 2.88. The Kier molecular flexibility index (Phi) is 4.57. The van der Waals surface area contributed by atoms with Crippen LogP contribution in [0.1, 0.15) is 23.0 Å². The molecule has 2 aromatic rings. The first-order valence-electron chi connectivity index (χ1n) is 5.88. The highest BCUT2D eigenvalue weighted by molar-refractivity contribution is 14.1. The number of carbonyl (C=O) groups excluding carboxylic acids is 1. The summed E-state index contributed by atoms with van der Waals surface area (Å²) in [6.07, 6.45) is 1.58. The lowest BCUT2D eigenvalue weighted by molar-refractivity contribution is 0.0740. The fraction of sp³-hybridized carbons (Fsp3) is 0.214. The van der Waals surface area contributed by atoms with Gasteiger partial charge in [-0.1, -0.05) is 0 Å². The van der Waals surface area contributed by atoms with E-state index in [1.165, 1.54) is 18.2 Å². The summed E-state index contributed by atoms with van der Waals surface area (Å²) >= 11 is 1.97.